The van der Waals surface area contributed by atoms with Crippen LogP contribution < -0.4 is 31.1 Å². The molecule has 4 N–H and O–H groups in total. The lowest BCUT2D eigenvalue weighted by molar-refractivity contribution is -0.137. The fourth-order valence-electron chi connectivity index (χ4n) is 6.93. The summed E-state index contributed by atoms with van der Waals surface area (Å²) < 4.78 is 128. The number of amides is 2. The third kappa shape index (κ3) is 11.7. The number of halogens is 9. The lowest BCUT2D eigenvalue weighted by Gasteiger charge is -2.33. The molecular weight excluding hydrogens is 871 g/mol. The van der Waals surface area contributed by atoms with Crippen molar-refractivity contribution in [2.45, 2.75) is 77.3 Å². The SMILES string of the molecule is CC(C)(F)F.CC(F)(F)c1cc(-c2ncnc3c2C(C(F)F)OC(=O)N3)nc(N2CCNCC2)c1.C[C@H]1CN(c2cc(C(F)(F)F)cc(-c3ncnc4c3[C@@H](C)OC(=O)N4)n2)CCN1. The summed E-state index contributed by atoms with van der Waals surface area (Å²) in [6, 6.07) is 4.52. The molecule has 64 heavy (non-hydrogen) atoms. The van der Waals surface area contributed by atoms with Crippen LogP contribution in [0.4, 0.5) is 72.4 Å². The van der Waals surface area contributed by atoms with Crippen LogP contribution in [0.25, 0.3) is 22.8 Å². The van der Waals surface area contributed by atoms with Gasteiger partial charge < -0.3 is 29.9 Å². The molecule has 1 unspecified atom stereocenters. The number of rotatable bonds is 6. The van der Waals surface area contributed by atoms with Crippen LogP contribution >= 0.6 is 0 Å². The van der Waals surface area contributed by atoms with Gasteiger partial charge in [-0.25, -0.2) is 65.8 Å². The minimum absolute atomic E-state index is 0.0355. The zero-order valence-corrected chi connectivity index (χ0v) is 34.8. The van der Waals surface area contributed by atoms with Crippen molar-refractivity contribution in [1.82, 2.24) is 40.5 Å². The second-order valence-electron chi connectivity index (χ2n) is 15.4. The molecule has 4 aromatic heterocycles. The van der Waals surface area contributed by atoms with Crippen molar-refractivity contribution < 1.29 is 58.6 Å². The first-order valence-corrected chi connectivity index (χ1v) is 19.7. The molecule has 0 radical (unpaired) electrons. The fraction of sp³-hybridized carbons (Fsp3) is 0.487. The Hall–Kier alpha value is -6.11. The van der Waals surface area contributed by atoms with Gasteiger partial charge in [-0.05, 0) is 52.0 Å². The minimum Gasteiger partial charge on any atom is -0.441 e. The number of hydrogen-bond donors (Lipinski definition) is 4. The molecule has 25 heteroatoms. The molecule has 0 saturated carbocycles. The van der Waals surface area contributed by atoms with E-state index in [0.29, 0.717) is 51.4 Å². The van der Waals surface area contributed by atoms with E-state index in [1.54, 1.807) is 6.92 Å². The highest BCUT2D eigenvalue weighted by molar-refractivity contribution is 5.89. The first-order chi connectivity index (χ1) is 30.0. The Bertz CT molecular complexity index is 2320. The minimum atomic E-state index is -4.55. The van der Waals surface area contributed by atoms with E-state index < -0.39 is 54.4 Å². The lowest BCUT2D eigenvalue weighted by atomic mass is 10.0. The van der Waals surface area contributed by atoms with Gasteiger partial charge in [0.25, 0.3) is 12.3 Å². The number of hydrogen-bond acceptors (Lipinski definition) is 14. The molecule has 4 aliphatic rings. The number of aromatic nitrogens is 6. The van der Waals surface area contributed by atoms with Gasteiger partial charge in [0.2, 0.25) is 5.92 Å². The zero-order chi connectivity index (χ0) is 46.7. The summed E-state index contributed by atoms with van der Waals surface area (Å²) in [6.07, 6.45) is -9.82. The van der Waals surface area contributed by atoms with Crippen molar-refractivity contribution >= 4 is 35.5 Å². The van der Waals surface area contributed by atoms with Crippen LogP contribution in [0, 0.1) is 0 Å². The summed E-state index contributed by atoms with van der Waals surface area (Å²) in [5, 5.41) is 11.1. The first-order valence-electron chi connectivity index (χ1n) is 19.7. The molecule has 0 aliphatic carbocycles. The van der Waals surface area contributed by atoms with Gasteiger partial charge in [0.1, 0.15) is 53.4 Å². The van der Waals surface area contributed by atoms with Crippen LogP contribution in [-0.2, 0) is 21.6 Å². The Morgan fingerprint density at radius 2 is 1.19 bits per heavy atom. The molecule has 3 atom stereocenters. The molecule has 2 fully saturated rings. The van der Waals surface area contributed by atoms with Crippen molar-refractivity contribution in [1.29, 1.82) is 0 Å². The van der Waals surface area contributed by atoms with E-state index in [1.807, 2.05) is 16.7 Å². The van der Waals surface area contributed by atoms with Gasteiger partial charge in [0, 0.05) is 64.3 Å². The van der Waals surface area contributed by atoms with E-state index in [2.05, 4.69) is 51.2 Å². The topological polar surface area (TPSA) is 185 Å². The Morgan fingerprint density at radius 3 is 1.73 bits per heavy atom. The molecule has 8 heterocycles. The van der Waals surface area contributed by atoms with E-state index in [9.17, 15) is 49.1 Å². The average Bonchev–Trinajstić information content (AvgIpc) is 3.21. The van der Waals surface area contributed by atoms with Crippen LogP contribution in [0.1, 0.15) is 69.1 Å². The molecule has 4 aliphatic heterocycles. The number of nitrogens with zero attached hydrogens (tertiary/aromatic N) is 8. The number of carbonyl (C=O) groups excluding carboxylic acids is 2. The highest BCUT2D eigenvalue weighted by atomic mass is 19.4. The zero-order valence-electron chi connectivity index (χ0n) is 34.8. The number of carbonyl (C=O) groups is 2. The predicted octanol–water partition coefficient (Wildman–Crippen LogP) is 7.57. The lowest BCUT2D eigenvalue weighted by Crippen LogP contribution is -2.49. The molecule has 2 amide bonds. The molecule has 8 rings (SSSR count). The van der Waals surface area contributed by atoms with Crippen molar-refractivity contribution in [3.63, 3.8) is 0 Å². The molecule has 4 aromatic rings. The van der Waals surface area contributed by atoms with Crippen molar-refractivity contribution in [3.8, 4) is 22.8 Å². The molecule has 346 valence electrons. The third-order valence-electron chi connectivity index (χ3n) is 9.72. The maximum absolute atomic E-state index is 14.2. The maximum atomic E-state index is 14.2. The van der Waals surface area contributed by atoms with E-state index >= 15 is 0 Å². The molecule has 0 spiro atoms. The summed E-state index contributed by atoms with van der Waals surface area (Å²) in [5.74, 6) is -5.15. The van der Waals surface area contributed by atoms with Crippen molar-refractivity contribution in [2.24, 2.45) is 0 Å². The van der Waals surface area contributed by atoms with Crippen molar-refractivity contribution in [3.05, 3.63) is 59.2 Å². The van der Waals surface area contributed by atoms with Gasteiger partial charge in [-0.2, -0.15) is 13.2 Å². The summed E-state index contributed by atoms with van der Waals surface area (Å²) in [4.78, 5) is 51.7. The largest absolute Gasteiger partial charge is 0.441 e. The van der Waals surface area contributed by atoms with Gasteiger partial charge in [0.05, 0.1) is 28.1 Å². The number of nitrogens with one attached hydrogen (secondary N) is 4. The number of fused-ring (bicyclic) bond motifs is 2. The fourth-order valence-corrected chi connectivity index (χ4v) is 6.93. The van der Waals surface area contributed by atoms with Crippen LogP contribution in [0.3, 0.4) is 0 Å². The normalized spacial score (nSPS) is 20.0. The average molecular weight is 915 g/mol. The van der Waals surface area contributed by atoms with E-state index in [-0.39, 0.29) is 63.2 Å². The summed E-state index contributed by atoms with van der Waals surface area (Å²) in [6.45, 7) is 10.1. The number of piperazine rings is 2. The monoisotopic (exact) mass is 914 g/mol. The number of ether oxygens (including phenoxy) is 2. The van der Waals surface area contributed by atoms with Crippen molar-refractivity contribution in [2.75, 3.05) is 66.2 Å². The highest BCUT2D eigenvalue weighted by Crippen LogP contribution is 2.42. The summed E-state index contributed by atoms with van der Waals surface area (Å²) >= 11 is 0. The second-order valence-corrected chi connectivity index (χ2v) is 15.4. The van der Waals surface area contributed by atoms with Crippen LogP contribution in [0.15, 0.2) is 36.9 Å². The maximum Gasteiger partial charge on any atom is 0.416 e. The smallest absolute Gasteiger partial charge is 0.416 e. The van der Waals surface area contributed by atoms with Gasteiger partial charge in [-0.15, -0.1) is 0 Å². The first kappa shape index (κ1) is 47.4. The van der Waals surface area contributed by atoms with Gasteiger partial charge in [0.15, 0.2) is 6.10 Å². The summed E-state index contributed by atoms with van der Waals surface area (Å²) in [5.41, 5.74) is -0.864. The number of cyclic esters (lactones) is 2. The molecule has 0 bridgehead atoms. The van der Waals surface area contributed by atoms with E-state index in [0.717, 1.165) is 45.3 Å². The second kappa shape index (κ2) is 18.9. The predicted molar refractivity (Wildman–Crippen MR) is 214 cm³/mol. The molecule has 16 nitrogen and oxygen atoms in total. The molecule has 0 aromatic carbocycles. The third-order valence-corrected chi connectivity index (χ3v) is 9.72. The standard InChI is InChI=1S/C18H18F4N6O2.C18H19F3N6O2.C3H6F2/c1-18(21,22)9-6-10(26-11(7-9)28-4-2-23-3-5-28)13-12-14(15(19)20)30-17(29)27-16(12)25-8-24-13;1-9-7-27(4-3-22-9)13-6-11(18(19,20)21)5-12(25-13)15-14-10(2)29-17(28)26-16(14)24-8-23-15;1-3(2,4)5/h6-8,14-15,23H,2-5H2,1H3,(H,24,25,27,29);5-6,8-10,22H,3-4,7H2,1-2H3,(H,23,24,26,28);1-2H3/t;9-,10+;/m.0./s1. The van der Waals surface area contributed by atoms with Gasteiger partial charge in [-0.1, -0.05) is 0 Å². The Kier molecular flexibility index (Phi) is 14.0. The number of anilines is 4. The number of alkyl halides is 9. The van der Waals surface area contributed by atoms with E-state index in [1.165, 1.54) is 12.4 Å². The van der Waals surface area contributed by atoms with Crippen LogP contribution in [-0.4, -0.2) is 106 Å². The van der Waals surface area contributed by atoms with E-state index in [4.69, 9.17) is 9.47 Å². The van der Waals surface area contributed by atoms with Gasteiger partial charge >= 0.3 is 18.4 Å². The molecular formula is C39H43F9N12O4. The highest BCUT2D eigenvalue weighted by Gasteiger charge is 2.39. The Morgan fingerprint density at radius 1 is 0.688 bits per heavy atom. The quantitative estimate of drug-likeness (QED) is 0.139. The molecule has 2 saturated heterocycles. The van der Waals surface area contributed by atoms with Crippen LogP contribution in [0.2, 0.25) is 0 Å². The summed E-state index contributed by atoms with van der Waals surface area (Å²) in [7, 11) is 0. The number of pyridine rings is 2. The Labute approximate surface area is 359 Å². The Balaban J connectivity index is 0.000000192. The van der Waals surface area contributed by atoms with Crippen LogP contribution in [0.5, 0.6) is 0 Å². The van der Waals surface area contributed by atoms with Gasteiger partial charge in [-0.3, -0.25) is 10.6 Å².